The summed E-state index contributed by atoms with van der Waals surface area (Å²) in [4.78, 5) is 14.0. The van der Waals surface area contributed by atoms with Crippen molar-refractivity contribution in [1.29, 1.82) is 0 Å². The summed E-state index contributed by atoms with van der Waals surface area (Å²) in [6.07, 6.45) is 0. The Kier molecular flexibility index (Phi) is 6.57. The quantitative estimate of drug-likeness (QED) is 0.267. The lowest BCUT2D eigenvalue weighted by atomic mass is 9.93. The van der Waals surface area contributed by atoms with Gasteiger partial charge in [0.05, 0.1) is 0 Å². The van der Waals surface area contributed by atoms with Gasteiger partial charge in [0.15, 0.2) is 5.84 Å². The standard InChI is InChI=1S/C11H24N4O2/c1-7(2)9(10(12)14-17)11(16)13-8(3)6-15(4)5/h7-9,17H,6H2,1-5H3,(H2,12,14)(H,13,16). The number of nitrogens with one attached hydrogen (secondary N) is 1. The molecule has 4 N–H and O–H groups in total. The fraction of sp³-hybridized carbons (Fsp3) is 0.818. The van der Waals surface area contributed by atoms with Crippen molar-refractivity contribution in [3.63, 3.8) is 0 Å². The van der Waals surface area contributed by atoms with Gasteiger partial charge in [0.25, 0.3) is 0 Å². The molecule has 1 amide bonds. The van der Waals surface area contributed by atoms with Gasteiger partial charge in [0.1, 0.15) is 5.92 Å². The van der Waals surface area contributed by atoms with Crippen LogP contribution in [0.25, 0.3) is 0 Å². The summed E-state index contributed by atoms with van der Waals surface area (Å²) in [5.74, 6) is -0.860. The van der Waals surface area contributed by atoms with Crippen LogP contribution in [0, 0.1) is 11.8 Å². The minimum Gasteiger partial charge on any atom is -0.409 e. The molecule has 0 saturated carbocycles. The first-order valence-electron chi connectivity index (χ1n) is 5.72. The second kappa shape index (κ2) is 7.11. The minimum atomic E-state index is -0.593. The third kappa shape index (κ3) is 5.53. The lowest BCUT2D eigenvalue weighted by molar-refractivity contribution is -0.124. The molecule has 0 radical (unpaired) electrons. The largest absolute Gasteiger partial charge is 0.409 e. The summed E-state index contributed by atoms with van der Waals surface area (Å²) < 4.78 is 0. The monoisotopic (exact) mass is 244 g/mol. The van der Waals surface area contributed by atoms with Gasteiger partial charge in [0.2, 0.25) is 5.91 Å². The highest BCUT2D eigenvalue weighted by Gasteiger charge is 2.27. The number of likely N-dealkylation sites (N-methyl/N-ethyl adjacent to an activating group) is 1. The van der Waals surface area contributed by atoms with Crippen LogP contribution in [0.2, 0.25) is 0 Å². The van der Waals surface area contributed by atoms with Gasteiger partial charge in [-0.25, -0.2) is 0 Å². The highest BCUT2D eigenvalue weighted by atomic mass is 16.4. The molecular formula is C11H24N4O2. The van der Waals surface area contributed by atoms with Gasteiger partial charge in [-0.3, -0.25) is 4.79 Å². The predicted octanol–water partition coefficient (Wildman–Crippen LogP) is 0.0713. The predicted molar refractivity (Wildman–Crippen MR) is 67.9 cm³/mol. The van der Waals surface area contributed by atoms with Crippen LogP contribution in [0.5, 0.6) is 0 Å². The number of rotatable bonds is 6. The molecule has 0 aromatic heterocycles. The Morgan fingerprint density at radius 3 is 2.29 bits per heavy atom. The third-order valence-electron chi connectivity index (χ3n) is 2.41. The molecule has 100 valence electrons. The summed E-state index contributed by atoms with van der Waals surface area (Å²) in [6.45, 7) is 6.38. The SMILES string of the molecule is CC(CN(C)C)NC(=O)C(C(N)=NO)C(C)C. The summed E-state index contributed by atoms with van der Waals surface area (Å²) in [7, 11) is 3.87. The van der Waals surface area contributed by atoms with E-state index in [1.54, 1.807) is 0 Å². The highest BCUT2D eigenvalue weighted by Crippen LogP contribution is 2.11. The molecule has 0 bridgehead atoms. The van der Waals surface area contributed by atoms with E-state index in [0.29, 0.717) is 0 Å². The number of hydrogen-bond donors (Lipinski definition) is 3. The molecule has 0 fully saturated rings. The van der Waals surface area contributed by atoms with Crippen LogP contribution in [0.1, 0.15) is 20.8 Å². The van der Waals surface area contributed by atoms with Crippen LogP contribution in [-0.4, -0.2) is 48.5 Å². The molecule has 6 nitrogen and oxygen atoms in total. The number of carbonyl (C=O) groups excluding carboxylic acids is 1. The minimum absolute atomic E-state index is 0.0162. The van der Waals surface area contributed by atoms with Gasteiger partial charge in [0, 0.05) is 12.6 Å². The number of oxime groups is 1. The van der Waals surface area contributed by atoms with Crippen molar-refractivity contribution in [2.24, 2.45) is 22.7 Å². The molecule has 0 saturated heterocycles. The maximum Gasteiger partial charge on any atom is 0.231 e. The van der Waals surface area contributed by atoms with Crippen LogP contribution in [0.3, 0.4) is 0 Å². The summed E-state index contributed by atoms with van der Waals surface area (Å²) in [6, 6.07) is 0.0187. The van der Waals surface area contributed by atoms with E-state index in [0.717, 1.165) is 6.54 Å². The first kappa shape index (κ1) is 15.7. The second-order valence-electron chi connectivity index (χ2n) is 4.92. The van der Waals surface area contributed by atoms with E-state index in [2.05, 4.69) is 10.5 Å². The van der Waals surface area contributed by atoms with E-state index in [-0.39, 0.29) is 23.7 Å². The molecule has 0 aromatic rings. The van der Waals surface area contributed by atoms with Crippen LogP contribution in [0.15, 0.2) is 5.16 Å². The van der Waals surface area contributed by atoms with Crippen LogP contribution in [0.4, 0.5) is 0 Å². The topological polar surface area (TPSA) is 91.0 Å². The summed E-state index contributed by atoms with van der Waals surface area (Å²) >= 11 is 0. The van der Waals surface area contributed by atoms with Gasteiger partial charge in [-0.05, 0) is 26.9 Å². The van der Waals surface area contributed by atoms with Crippen molar-refractivity contribution in [3.05, 3.63) is 0 Å². The highest BCUT2D eigenvalue weighted by molar-refractivity contribution is 6.02. The molecule has 0 aliphatic heterocycles. The average molecular weight is 244 g/mol. The van der Waals surface area contributed by atoms with Gasteiger partial charge in [-0.2, -0.15) is 0 Å². The zero-order valence-corrected chi connectivity index (χ0v) is 11.3. The van der Waals surface area contributed by atoms with Crippen LogP contribution >= 0.6 is 0 Å². The van der Waals surface area contributed by atoms with Gasteiger partial charge in [-0.1, -0.05) is 19.0 Å². The maximum atomic E-state index is 12.0. The van der Waals surface area contributed by atoms with Crippen molar-refractivity contribution in [1.82, 2.24) is 10.2 Å². The lowest BCUT2D eigenvalue weighted by Crippen LogP contribution is -2.47. The van der Waals surface area contributed by atoms with Gasteiger partial charge in [-0.15, -0.1) is 0 Å². The molecular weight excluding hydrogens is 220 g/mol. The van der Waals surface area contributed by atoms with Gasteiger partial charge >= 0.3 is 0 Å². The van der Waals surface area contributed by atoms with E-state index in [1.165, 1.54) is 0 Å². The number of amides is 1. The number of nitrogens with zero attached hydrogens (tertiary/aromatic N) is 2. The first-order valence-corrected chi connectivity index (χ1v) is 5.72. The van der Waals surface area contributed by atoms with E-state index >= 15 is 0 Å². The van der Waals surface area contributed by atoms with Crippen molar-refractivity contribution in [3.8, 4) is 0 Å². The number of carbonyl (C=O) groups is 1. The molecule has 0 heterocycles. The molecule has 0 aliphatic carbocycles. The molecule has 0 spiro atoms. The van der Waals surface area contributed by atoms with Gasteiger partial charge < -0.3 is 21.2 Å². The summed E-state index contributed by atoms with van der Waals surface area (Å²) in [5.41, 5.74) is 5.52. The average Bonchev–Trinajstić information content (AvgIpc) is 2.14. The Morgan fingerprint density at radius 2 is 1.94 bits per heavy atom. The fourth-order valence-corrected chi connectivity index (χ4v) is 1.77. The van der Waals surface area contributed by atoms with E-state index < -0.39 is 5.92 Å². The zero-order valence-electron chi connectivity index (χ0n) is 11.3. The Morgan fingerprint density at radius 1 is 1.41 bits per heavy atom. The lowest BCUT2D eigenvalue weighted by Gasteiger charge is -2.23. The molecule has 0 aliphatic rings. The van der Waals surface area contributed by atoms with Crippen molar-refractivity contribution >= 4 is 11.7 Å². The molecule has 0 aromatic carbocycles. The molecule has 0 rings (SSSR count). The van der Waals surface area contributed by atoms with E-state index in [9.17, 15) is 4.79 Å². The number of hydrogen-bond acceptors (Lipinski definition) is 4. The van der Waals surface area contributed by atoms with E-state index in [1.807, 2.05) is 39.8 Å². The zero-order chi connectivity index (χ0) is 13.6. The Hall–Kier alpha value is -1.30. The molecule has 2 atom stereocenters. The molecule has 6 heteroatoms. The Bertz CT molecular complexity index is 277. The van der Waals surface area contributed by atoms with Crippen LogP contribution < -0.4 is 11.1 Å². The Labute approximate surface area is 103 Å². The molecule has 2 unspecified atom stereocenters. The van der Waals surface area contributed by atoms with E-state index in [4.69, 9.17) is 10.9 Å². The molecule has 17 heavy (non-hydrogen) atoms. The number of nitrogens with two attached hydrogens (primary N) is 1. The fourth-order valence-electron chi connectivity index (χ4n) is 1.77. The first-order chi connectivity index (χ1) is 7.79. The third-order valence-corrected chi connectivity index (χ3v) is 2.41. The number of amidine groups is 1. The maximum absolute atomic E-state index is 12.0. The van der Waals surface area contributed by atoms with Crippen molar-refractivity contribution in [2.45, 2.75) is 26.8 Å². The van der Waals surface area contributed by atoms with Crippen LogP contribution in [-0.2, 0) is 4.79 Å². The summed E-state index contributed by atoms with van der Waals surface area (Å²) in [5, 5.41) is 14.4. The Balaban J connectivity index is 4.54. The second-order valence-corrected chi connectivity index (χ2v) is 4.92. The normalized spacial score (nSPS) is 16.1. The smallest absolute Gasteiger partial charge is 0.231 e. The van der Waals surface area contributed by atoms with Crippen molar-refractivity contribution < 1.29 is 10.0 Å². The van der Waals surface area contributed by atoms with Crippen molar-refractivity contribution in [2.75, 3.05) is 20.6 Å².